The molecule has 3 rings (SSSR count). The van der Waals surface area contributed by atoms with Gasteiger partial charge in [0.05, 0.1) is 6.10 Å². The predicted molar refractivity (Wildman–Crippen MR) is 93.4 cm³/mol. The Morgan fingerprint density at radius 3 is 2.60 bits per heavy atom. The van der Waals surface area contributed by atoms with E-state index in [4.69, 9.17) is 0 Å². The minimum atomic E-state index is -0.628. The number of nitrogens with zero attached hydrogens (tertiary/aromatic N) is 3. The number of β-amino-alcohol motifs (C(OH)–C–C–N with tert-alkyl or cyclic N) is 1. The lowest BCUT2D eigenvalue weighted by Crippen LogP contribution is -2.38. The second-order valence-electron chi connectivity index (χ2n) is 7.00. The SMILES string of the molecule is Cc1cc(F)ccc1C(O)CN1CCC(C(O)c2nccn2C)CC1. The first-order chi connectivity index (χ1) is 12.0. The predicted octanol–water partition coefficient (Wildman–Crippen LogP) is 2.35. The molecule has 136 valence electrons. The van der Waals surface area contributed by atoms with Crippen LogP contribution in [-0.2, 0) is 7.05 Å². The lowest BCUT2D eigenvalue weighted by atomic mass is 9.90. The molecule has 2 aromatic rings. The molecule has 1 aromatic carbocycles. The molecule has 1 aromatic heterocycles. The lowest BCUT2D eigenvalue weighted by Gasteiger charge is -2.35. The Balaban J connectivity index is 1.55. The zero-order chi connectivity index (χ0) is 18.0. The van der Waals surface area contributed by atoms with E-state index in [0.29, 0.717) is 12.4 Å². The largest absolute Gasteiger partial charge is 0.387 e. The van der Waals surface area contributed by atoms with E-state index in [1.54, 1.807) is 12.3 Å². The minimum Gasteiger partial charge on any atom is -0.387 e. The summed E-state index contributed by atoms with van der Waals surface area (Å²) in [5.74, 6) is 0.611. The summed E-state index contributed by atoms with van der Waals surface area (Å²) in [6, 6.07) is 4.50. The van der Waals surface area contributed by atoms with Crippen molar-refractivity contribution in [3.8, 4) is 0 Å². The summed E-state index contributed by atoms with van der Waals surface area (Å²) in [6.07, 6.45) is 4.10. The van der Waals surface area contributed by atoms with E-state index in [-0.39, 0.29) is 11.7 Å². The van der Waals surface area contributed by atoms with Crippen molar-refractivity contribution < 1.29 is 14.6 Å². The molecule has 1 aliphatic rings. The first-order valence-corrected chi connectivity index (χ1v) is 8.77. The number of benzene rings is 1. The van der Waals surface area contributed by atoms with Crippen molar-refractivity contribution in [3.05, 3.63) is 53.4 Å². The van der Waals surface area contributed by atoms with E-state index in [2.05, 4.69) is 9.88 Å². The van der Waals surface area contributed by atoms with Gasteiger partial charge in [0, 0.05) is 26.0 Å². The number of halogens is 1. The minimum absolute atomic E-state index is 0.182. The molecule has 0 spiro atoms. The Labute approximate surface area is 147 Å². The van der Waals surface area contributed by atoms with Crippen LogP contribution in [0.4, 0.5) is 4.39 Å². The average molecular weight is 347 g/mol. The van der Waals surface area contributed by atoms with Gasteiger partial charge >= 0.3 is 0 Å². The van der Waals surface area contributed by atoms with Gasteiger partial charge in [0.25, 0.3) is 0 Å². The summed E-state index contributed by atoms with van der Waals surface area (Å²) in [6.45, 7) is 3.99. The third-order valence-corrected chi connectivity index (χ3v) is 5.22. The molecule has 2 N–H and O–H groups in total. The standard InChI is InChI=1S/C19H26FN3O2/c1-13-11-15(20)3-4-16(13)17(24)12-23-8-5-14(6-9-23)18(25)19-21-7-10-22(19)2/h3-4,7,10-11,14,17-18,24-25H,5-6,8-9,12H2,1-2H3. The van der Waals surface area contributed by atoms with E-state index < -0.39 is 12.2 Å². The smallest absolute Gasteiger partial charge is 0.137 e. The van der Waals surface area contributed by atoms with Crippen molar-refractivity contribution in [2.75, 3.05) is 19.6 Å². The van der Waals surface area contributed by atoms with Gasteiger partial charge in [0.15, 0.2) is 0 Å². The number of aromatic nitrogens is 2. The summed E-state index contributed by atoms with van der Waals surface area (Å²) in [5, 5.41) is 21.0. The fourth-order valence-electron chi connectivity index (χ4n) is 3.68. The average Bonchev–Trinajstić information content (AvgIpc) is 3.00. The number of rotatable bonds is 5. The maximum Gasteiger partial charge on any atom is 0.137 e. The number of aryl methyl sites for hydroxylation is 2. The van der Waals surface area contributed by atoms with Gasteiger partial charge < -0.3 is 19.7 Å². The molecule has 0 saturated carbocycles. The topological polar surface area (TPSA) is 61.5 Å². The van der Waals surface area contributed by atoms with Crippen molar-refractivity contribution in [2.45, 2.75) is 32.0 Å². The van der Waals surface area contributed by atoms with Crippen LogP contribution >= 0.6 is 0 Å². The number of aliphatic hydroxyl groups is 2. The van der Waals surface area contributed by atoms with Gasteiger partial charge in [0.2, 0.25) is 0 Å². The zero-order valence-corrected chi connectivity index (χ0v) is 14.8. The summed E-state index contributed by atoms with van der Waals surface area (Å²) in [5.41, 5.74) is 1.55. The van der Waals surface area contributed by atoms with Crippen molar-refractivity contribution >= 4 is 0 Å². The van der Waals surface area contributed by atoms with Crippen molar-refractivity contribution in [3.63, 3.8) is 0 Å². The molecular formula is C19H26FN3O2. The summed E-state index contributed by atoms with van der Waals surface area (Å²) < 4.78 is 15.1. The molecule has 2 unspecified atom stereocenters. The van der Waals surface area contributed by atoms with Crippen LogP contribution in [0.15, 0.2) is 30.6 Å². The first-order valence-electron chi connectivity index (χ1n) is 8.77. The monoisotopic (exact) mass is 347 g/mol. The van der Waals surface area contributed by atoms with Gasteiger partial charge in [-0.1, -0.05) is 6.07 Å². The van der Waals surface area contributed by atoms with Gasteiger partial charge in [-0.15, -0.1) is 0 Å². The molecule has 0 amide bonds. The molecule has 6 heteroatoms. The number of imidazole rings is 1. The summed E-state index contributed by atoms with van der Waals surface area (Å²) >= 11 is 0. The Morgan fingerprint density at radius 1 is 1.28 bits per heavy atom. The molecular weight excluding hydrogens is 321 g/mol. The Kier molecular flexibility index (Phi) is 5.51. The number of likely N-dealkylation sites (tertiary alicyclic amines) is 1. The highest BCUT2D eigenvalue weighted by Crippen LogP contribution is 2.30. The number of hydrogen-bond donors (Lipinski definition) is 2. The molecule has 1 fully saturated rings. The van der Waals surface area contributed by atoms with Crippen LogP contribution in [0.2, 0.25) is 0 Å². The van der Waals surface area contributed by atoms with E-state index in [9.17, 15) is 14.6 Å². The number of aliphatic hydroxyl groups excluding tert-OH is 2. The Bertz CT molecular complexity index is 710. The van der Waals surface area contributed by atoms with Crippen LogP contribution in [-0.4, -0.2) is 44.3 Å². The maximum absolute atomic E-state index is 13.2. The first kappa shape index (κ1) is 18.0. The van der Waals surface area contributed by atoms with E-state index in [1.807, 2.05) is 24.7 Å². The fourth-order valence-corrected chi connectivity index (χ4v) is 3.68. The molecule has 0 bridgehead atoms. The molecule has 25 heavy (non-hydrogen) atoms. The highest BCUT2D eigenvalue weighted by molar-refractivity contribution is 5.28. The highest BCUT2D eigenvalue weighted by atomic mass is 19.1. The van der Waals surface area contributed by atoms with Crippen molar-refractivity contribution in [1.29, 1.82) is 0 Å². The molecule has 0 radical (unpaired) electrons. The molecule has 1 saturated heterocycles. The van der Waals surface area contributed by atoms with E-state index in [1.165, 1.54) is 12.1 Å². The maximum atomic E-state index is 13.2. The Morgan fingerprint density at radius 2 is 2.00 bits per heavy atom. The zero-order valence-electron chi connectivity index (χ0n) is 14.8. The van der Waals surface area contributed by atoms with Gasteiger partial charge in [-0.25, -0.2) is 9.37 Å². The lowest BCUT2D eigenvalue weighted by molar-refractivity contribution is 0.0345. The van der Waals surface area contributed by atoms with Crippen LogP contribution < -0.4 is 0 Å². The van der Waals surface area contributed by atoms with Crippen LogP contribution in [0, 0.1) is 18.7 Å². The second-order valence-corrected chi connectivity index (χ2v) is 7.00. The quantitative estimate of drug-likeness (QED) is 0.872. The van der Waals surface area contributed by atoms with Gasteiger partial charge in [-0.05, 0) is 62.0 Å². The normalized spacial score (nSPS) is 19.1. The highest BCUT2D eigenvalue weighted by Gasteiger charge is 2.29. The van der Waals surface area contributed by atoms with Crippen LogP contribution in [0.25, 0.3) is 0 Å². The van der Waals surface area contributed by atoms with Crippen LogP contribution in [0.3, 0.4) is 0 Å². The number of piperidine rings is 1. The van der Waals surface area contributed by atoms with Crippen LogP contribution in [0.1, 0.15) is 42.0 Å². The van der Waals surface area contributed by atoms with E-state index >= 15 is 0 Å². The second kappa shape index (κ2) is 7.64. The molecule has 5 nitrogen and oxygen atoms in total. The van der Waals surface area contributed by atoms with Gasteiger partial charge in [-0.2, -0.15) is 0 Å². The number of hydrogen-bond acceptors (Lipinski definition) is 4. The van der Waals surface area contributed by atoms with Gasteiger partial charge in [-0.3, -0.25) is 0 Å². The van der Waals surface area contributed by atoms with Gasteiger partial charge in [0.1, 0.15) is 17.7 Å². The fraction of sp³-hybridized carbons (Fsp3) is 0.526. The third kappa shape index (κ3) is 4.08. The molecule has 0 aliphatic carbocycles. The third-order valence-electron chi connectivity index (χ3n) is 5.22. The summed E-state index contributed by atoms with van der Waals surface area (Å²) in [7, 11) is 1.89. The Hall–Kier alpha value is -1.76. The van der Waals surface area contributed by atoms with Crippen molar-refractivity contribution in [2.24, 2.45) is 13.0 Å². The van der Waals surface area contributed by atoms with E-state index in [0.717, 1.165) is 37.1 Å². The molecule has 1 aliphatic heterocycles. The molecule has 2 heterocycles. The van der Waals surface area contributed by atoms with Crippen LogP contribution in [0.5, 0.6) is 0 Å². The summed E-state index contributed by atoms with van der Waals surface area (Å²) in [4.78, 5) is 6.45. The molecule has 2 atom stereocenters. The van der Waals surface area contributed by atoms with Crippen molar-refractivity contribution in [1.82, 2.24) is 14.5 Å².